The maximum absolute atomic E-state index is 14.4. The third kappa shape index (κ3) is 19.2. The van der Waals surface area contributed by atoms with E-state index < -0.39 is 151 Å². The Bertz CT molecular complexity index is 2350. The molecule has 3 saturated heterocycles. The number of benzene rings is 1. The molecule has 9 amide bonds. The molecule has 1 aromatic carbocycles. The van der Waals surface area contributed by atoms with Gasteiger partial charge < -0.3 is 77.9 Å². The highest BCUT2D eigenvalue weighted by Gasteiger charge is 2.45. The number of nitrogens with zero attached hydrogens (tertiary/aromatic N) is 3. The van der Waals surface area contributed by atoms with Gasteiger partial charge in [-0.1, -0.05) is 26.0 Å². The molecule has 0 saturated carbocycles. The Kier molecular flexibility index (Phi) is 26.7. The van der Waals surface area contributed by atoms with Crippen LogP contribution >= 0.6 is 23.5 Å². The largest absolute Gasteiger partial charge is 0.508 e. The van der Waals surface area contributed by atoms with Crippen molar-refractivity contribution in [1.29, 1.82) is 0 Å². The topological polar surface area (TPSA) is 397 Å². The smallest absolute Gasteiger partial charge is 0.326 e. The number of thioether (sulfide) groups is 2. The summed E-state index contributed by atoms with van der Waals surface area (Å²) in [6, 6.07) is -6.99. The summed E-state index contributed by atoms with van der Waals surface area (Å²) in [7, 11) is 0. The molecule has 26 nitrogen and oxygen atoms in total. The number of carboxylic acid groups (broad SMARTS) is 2. The maximum atomic E-state index is 14.4. The van der Waals surface area contributed by atoms with Crippen molar-refractivity contribution in [1.82, 2.24) is 46.6 Å². The number of aliphatic hydroxyl groups is 2. The van der Waals surface area contributed by atoms with Crippen LogP contribution in [0.25, 0.3) is 0 Å². The molecular weight excluding hydrogens is 1080 g/mol. The first-order valence-corrected chi connectivity index (χ1v) is 29.7. The van der Waals surface area contributed by atoms with Gasteiger partial charge in [-0.3, -0.25) is 47.9 Å². The van der Waals surface area contributed by atoms with Crippen LogP contribution in [0.1, 0.15) is 97.0 Å². The second kappa shape index (κ2) is 32.3. The number of hydrogen-bond donors (Lipinski definition) is 12. The number of carbonyl (C=O) groups excluding carboxylic acids is 9. The van der Waals surface area contributed by atoms with Crippen molar-refractivity contribution in [2.24, 2.45) is 11.7 Å². The van der Waals surface area contributed by atoms with Crippen molar-refractivity contribution < 1.29 is 78.3 Å². The average molecular weight is 1170 g/mol. The van der Waals surface area contributed by atoms with Crippen LogP contribution < -0.4 is 37.6 Å². The number of amides is 9. The molecule has 3 heterocycles. The summed E-state index contributed by atoms with van der Waals surface area (Å²) in [4.78, 5) is 152. The van der Waals surface area contributed by atoms with Gasteiger partial charge in [0.2, 0.25) is 53.2 Å². The third-order valence-corrected chi connectivity index (χ3v) is 15.4. The molecular formula is C52H80N10O16S2. The number of aliphatic carboxylic acids is 2. The maximum Gasteiger partial charge on any atom is 0.326 e. The minimum absolute atomic E-state index is 0.0196. The standard InChI is InChI=1S/C52H80N10O16S2/c1-28(2)25-36(57-43(68)32(53)26-30-12-14-31(65)15-13-30)44(69)58-37(27-63)45(70)59-42(29(3)64)51(76)62-22-8-11-40(62)47(72)54-33(16-17-41(66)67)49(74)60-20-6-9-38(60)46(71)55-34(18-23-79-4)50(75)61-21-7-10-39(61)48(73)56-35(52(77)78)19-24-80-5/h12-15,28-29,32-40,42,63-65H,6-11,16-27,53H2,1-5H3,(H,54,72)(H,55,71)(H,56,73)(H,57,68)(H,58,69)(H,59,70)(H,66,67)(H,77,78)/t29-,32+,33+,34+,35+,36+,37+,38+,39+,40+,42+/m1/s1. The molecule has 3 aliphatic rings. The van der Waals surface area contributed by atoms with Crippen molar-refractivity contribution in [2.45, 2.75) is 164 Å². The van der Waals surface area contributed by atoms with Gasteiger partial charge >= 0.3 is 11.9 Å². The molecule has 80 heavy (non-hydrogen) atoms. The van der Waals surface area contributed by atoms with Crippen LogP contribution in [-0.2, 0) is 59.2 Å². The lowest BCUT2D eigenvalue weighted by Crippen LogP contribution is -2.62. The van der Waals surface area contributed by atoms with E-state index in [0.29, 0.717) is 29.9 Å². The van der Waals surface area contributed by atoms with Crippen LogP contribution in [0.3, 0.4) is 0 Å². The van der Waals surface area contributed by atoms with Crippen LogP contribution in [0, 0.1) is 5.92 Å². The van der Waals surface area contributed by atoms with Crippen molar-refractivity contribution in [3.8, 4) is 5.75 Å². The summed E-state index contributed by atoms with van der Waals surface area (Å²) in [5.74, 6) is -8.90. The van der Waals surface area contributed by atoms with E-state index in [9.17, 15) is 78.3 Å². The highest BCUT2D eigenvalue weighted by Crippen LogP contribution is 2.25. The Morgan fingerprint density at radius 2 is 1.04 bits per heavy atom. The number of phenolic OH excluding ortho intramolecular Hbond substituents is 1. The predicted molar refractivity (Wildman–Crippen MR) is 294 cm³/mol. The van der Waals surface area contributed by atoms with Crippen LogP contribution in [0.4, 0.5) is 0 Å². The molecule has 446 valence electrons. The summed E-state index contributed by atoms with van der Waals surface area (Å²) >= 11 is 2.83. The Labute approximate surface area is 473 Å². The van der Waals surface area contributed by atoms with E-state index in [1.807, 2.05) is 0 Å². The molecule has 3 aliphatic heterocycles. The van der Waals surface area contributed by atoms with Gasteiger partial charge in [-0.25, -0.2) is 4.79 Å². The number of aromatic hydroxyl groups is 1. The zero-order valence-electron chi connectivity index (χ0n) is 45.9. The molecule has 0 unspecified atom stereocenters. The quantitative estimate of drug-likeness (QED) is 0.0383. The van der Waals surface area contributed by atoms with Crippen molar-refractivity contribution in [3.05, 3.63) is 29.8 Å². The summed E-state index contributed by atoms with van der Waals surface area (Å²) < 4.78 is 0. The van der Waals surface area contributed by atoms with Gasteiger partial charge in [0.05, 0.1) is 18.8 Å². The Morgan fingerprint density at radius 1 is 0.600 bits per heavy atom. The van der Waals surface area contributed by atoms with Crippen LogP contribution in [-0.4, -0.2) is 222 Å². The van der Waals surface area contributed by atoms with Gasteiger partial charge in [0, 0.05) is 26.1 Å². The molecule has 13 N–H and O–H groups in total. The minimum atomic E-state index is -1.74. The normalized spacial score (nSPS) is 20.1. The molecule has 0 aromatic heterocycles. The van der Waals surface area contributed by atoms with Gasteiger partial charge in [0.1, 0.15) is 60.1 Å². The van der Waals surface area contributed by atoms with E-state index >= 15 is 0 Å². The number of carbonyl (C=O) groups is 11. The van der Waals surface area contributed by atoms with Gasteiger partial charge in [-0.2, -0.15) is 23.5 Å². The number of carboxylic acids is 2. The molecule has 0 radical (unpaired) electrons. The first kappa shape index (κ1) is 66.3. The molecule has 0 spiro atoms. The lowest BCUT2D eigenvalue weighted by atomic mass is 10.0. The van der Waals surface area contributed by atoms with E-state index in [0.717, 1.165) is 4.90 Å². The number of aliphatic hydroxyl groups excluding tert-OH is 2. The van der Waals surface area contributed by atoms with Gasteiger partial charge in [-0.15, -0.1) is 0 Å². The van der Waals surface area contributed by atoms with E-state index in [2.05, 4.69) is 31.9 Å². The number of hydrogen-bond acceptors (Lipinski definition) is 17. The Balaban J connectivity index is 1.45. The molecule has 1 aromatic rings. The number of rotatable bonds is 31. The van der Waals surface area contributed by atoms with Crippen molar-refractivity contribution in [2.75, 3.05) is 50.3 Å². The predicted octanol–water partition coefficient (Wildman–Crippen LogP) is -1.98. The molecule has 0 aliphatic carbocycles. The van der Waals surface area contributed by atoms with E-state index in [1.54, 1.807) is 38.5 Å². The first-order chi connectivity index (χ1) is 37.9. The number of phenols is 1. The third-order valence-electron chi connectivity index (χ3n) is 14.2. The summed E-state index contributed by atoms with van der Waals surface area (Å²) in [6.07, 6.45) is 2.97. The number of nitrogens with two attached hydrogens (primary N) is 1. The van der Waals surface area contributed by atoms with Crippen LogP contribution in [0.15, 0.2) is 24.3 Å². The fourth-order valence-corrected chi connectivity index (χ4v) is 10.8. The lowest BCUT2D eigenvalue weighted by Gasteiger charge is -2.33. The van der Waals surface area contributed by atoms with E-state index in [4.69, 9.17) is 5.73 Å². The van der Waals surface area contributed by atoms with Gasteiger partial charge in [0.15, 0.2) is 0 Å². The van der Waals surface area contributed by atoms with Gasteiger partial charge in [-0.05, 0) is 125 Å². The molecule has 4 rings (SSSR count). The molecule has 11 atom stereocenters. The SMILES string of the molecule is CSCC[C@H](NC(=O)[C@@H]1CCCN1C(=O)[C@H](CCSC)NC(=O)[C@@H]1CCCN1C(=O)[C@H](CCC(=O)O)NC(=O)[C@@H]1CCCN1C(=O)[C@@H](NC(=O)[C@H](CO)NC(=O)[C@H](CC(C)C)NC(=O)[C@@H](N)Cc1ccc(O)cc1)[C@@H](C)O)C(=O)O. The summed E-state index contributed by atoms with van der Waals surface area (Å²) in [6.45, 7) is 3.93. The summed E-state index contributed by atoms with van der Waals surface area (Å²) in [5.41, 5.74) is 6.78. The number of likely N-dealkylation sites (tertiary alicyclic amines) is 3. The van der Waals surface area contributed by atoms with E-state index in [1.165, 1.54) is 52.4 Å². The second-order valence-corrected chi connectivity index (χ2v) is 22.7. The second-order valence-electron chi connectivity index (χ2n) is 20.7. The zero-order chi connectivity index (χ0) is 59.4. The Morgan fingerprint density at radius 3 is 1.48 bits per heavy atom. The monoisotopic (exact) mass is 1160 g/mol. The van der Waals surface area contributed by atoms with Crippen LogP contribution in [0.5, 0.6) is 5.75 Å². The summed E-state index contributed by atoms with van der Waals surface area (Å²) in [5, 5.41) is 65.3. The fraction of sp³-hybridized carbons (Fsp3) is 0.673. The Hall–Kier alpha value is -6.23. The molecule has 28 heteroatoms. The average Bonchev–Trinajstić information content (AvgIpc) is 4.25. The number of nitrogens with one attached hydrogen (secondary N) is 6. The fourth-order valence-electron chi connectivity index (χ4n) is 9.87. The first-order valence-electron chi connectivity index (χ1n) is 26.9. The van der Waals surface area contributed by atoms with Crippen molar-refractivity contribution in [3.63, 3.8) is 0 Å². The van der Waals surface area contributed by atoms with E-state index in [-0.39, 0.29) is 82.7 Å². The van der Waals surface area contributed by atoms with Crippen molar-refractivity contribution >= 4 is 88.6 Å². The molecule has 0 bridgehead atoms. The molecule has 3 fully saturated rings. The highest BCUT2D eigenvalue weighted by atomic mass is 32.2. The lowest BCUT2D eigenvalue weighted by molar-refractivity contribution is -0.147. The minimum Gasteiger partial charge on any atom is -0.508 e. The zero-order valence-corrected chi connectivity index (χ0v) is 47.6. The van der Waals surface area contributed by atoms with Gasteiger partial charge in [0.25, 0.3) is 0 Å². The highest BCUT2D eigenvalue weighted by molar-refractivity contribution is 7.98. The van der Waals surface area contributed by atoms with Crippen LogP contribution in [0.2, 0.25) is 0 Å².